The summed E-state index contributed by atoms with van der Waals surface area (Å²) in [5, 5.41) is 11.5. The van der Waals surface area contributed by atoms with E-state index in [1.54, 1.807) is 70.4 Å². The van der Waals surface area contributed by atoms with Crippen molar-refractivity contribution in [3.05, 3.63) is 112 Å². The van der Waals surface area contributed by atoms with E-state index in [2.05, 4.69) is 4.99 Å². The zero-order valence-corrected chi connectivity index (χ0v) is 23.9. The van der Waals surface area contributed by atoms with Gasteiger partial charge < -0.3 is 13.9 Å². The average molecular weight is 574 g/mol. The third-order valence-electron chi connectivity index (χ3n) is 6.97. The molecule has 1 atom stereocenters. The Bertz CT molecular complexity index is 1900. The number of carbonyl (C=O) groups excluding carboxylic acids is 1. The van der Waals surface area contributed by atoms with Crippen LogP contribution < -0.4 is 19.6 Å². The minimum Gasteiger partial charge on any atom is -0.497 e. The van der Waals surface area contributed by atoms with E-state index in [-0.39, 0.29) is 23.4 Å². The lowest BCUT2D eigenvalue weighted by Gasteiger charge is -2.24. The summed E-state index contributed by atoms with van der Waals surface area (Å²) in [5.74, 6) is 0.935. The number of nitro benzene ring substituents is 1. The SMILES string of the molecule is CCOC(=O)C1=C(C)N=c2s/c(=C\c3ccc(-c4cc(C)c(C)c([N+](=O)[O-])c4)o3)c(=O)n2[C@@H]1c1ccc(OC)cc1. The number of nitro groups is 1. The van der Waals surface area contributed by atoms with Crippen molar-refractivity contribution >= 4 is 29.1 Å². The number of ether oxygens (including phenoxy) is 2. The maximum atomic E-state index is 13.8. The largest absolute Gasteiger partial charge is 0.497 e. The molecule has 0 spiro atoms. The van der Waals surface area contributed by atoms with Crippen LogP contribution >= 0.6 is 11.3 Å². The Labute approximate surface area is 238 Å². The van der Waals surface area contributed by atoms with Gasteiger partial charge in [0.2, 0.25) is 0 Å². The number of allylic oxidation sites excluding steroid dienone is 1. The second kappa shape index (κ2) is 11.0. The molecule has 1 aliphatic rings. The highest BCUT2D eigenvalue weighted by Crippen LogP contribution is 2.33. The number of nitrogens with zero attached hydrogens (tertiary/aromatic N) is 3. The van der Waals surface area contributed by atoms with Crippen molar-refractivity contribution in [3.63, 3.8) is 0 Å². The summed E-state index contributed by atoms with van der Waals surface area (Å²) in [6.07, 6.45) is 1.61. The van der Waals surface area contributed by atoms with Crippen LogP contribution in [-0.4, -0.2) is 29.2 Å². The summed E-state index contributed by atoms with van der Waals surface area (Å²) >= 11 is 1.18. The topological polar surface area (TPSA) is 126 Å². The highest BCUT2D eigenvalue weighted by molar-refractivity contribution is 7.07. The molecule has 2 aromatic heterocycles. The Hall–Kier alpha value is -4.77. The molecule has 0 unspecified atom stereocenters. The van der Waals surface area contributed by atoms with Gasteiger partial charge in [0.15, 0.2) is 4.80 Å². The lowest BCUT2D eigenvalue weighted by Crippen LogP contribution is -2.39. The maximum Gasteiger partial charge on any atom is 0.338 e. The van der Waals surface area contributed by atoms with Crippen LogP contribution in [0.25, 0.3) is 17.4 Å². The number of benzene rings is 2. The van der Waals surface area contributed by atoms with Crippen molar-refractivity contribution in [2.75, 3.05) is 13.7 Å². The van der Waals surface area contributed by atoms with E-state index in [1.165, 1.54) is 22.0 Å². The molecule has 210 valence electrons. The molecule has 5 rings (SSSR count). The van der Waals surface area contributed by atoms with Crippen LogP contribution in [0.15, 0.2) is 74.0 Å². The number of carbonyl (C=O) groups is 1. The zero-order chi connectivity index (χ0) is 29.4. The standard InChI is InChI=1S/C30H27N3O7S/c1-6-39-29(35)26-18(4)31-30-32(27(26)19-7-9-21(38-5)10-8-19)28(34)25(41-30)15-22-11-12-24(40-22)20-13-16(2)17(3)23(14-20)33(36)37/h7-15,27H,6H2,1-5H3/b25-15-/t27-/m1/s1. The highest BCUT2D eigenvalue weighted by Gasteiger charge is 2.33. The monoisotopic (exact) mass is 573 g/mol. The van der Waals surface area contributed by atoms with E-state index in [9.17, 15) is 19.7 Å². The Morgan fingerprint density at radius 3 is 2.56 bits per heavy atom. The molecule has 0 N–H and O–H groups in total. The molecule has 41 heavy (non-hydrogen) atoms. The van der Waals surface area contributed by atoms with Crippen molar-refractivity contribution < 1.29 is 23.6 Å². The minimum absolute atomic E-state index is 0.0116. The molecule has 0 radical (unpaired) electrons. The molecule has 0 saturated heterocycles. The minimum atomic E-state index is -0.749. The molecular weight excluding hydrogens is 546 g/mol. The Morgan fingerprint density at radius 1 is 1.17 bits per heavy atom. The molecule has 11 heteroatoms. The molecule has 3 heterocycles. The van der Waals surface area contributed by atoms with Crippen LogP contribution in [0.3, 0.4) is 0 Å². The molecule has 0 fully saturated rings. The van der Waals surface area contributed by atoms with E-state index < -0.39 is 16.9 Å². The lowest BCUT2D eigenvalue weighted by atomic mass is 9.96. The summed E-state index contributed by atoms with van der Waals surface area (Å²) in [6.45, 7) is 7.14. The van der Waals surface area contributed by atoms with Crippen LogP contribution in [0.1, 0.15) is 42.3 Å². The number of hydrogen-bond acceptors (Lipinski definition) is 9. The van der Waals surface area contributed by atoms with E-state index >= 15 is 0 Å². The van der Waals surface area contributed by atoms with Crippen LogP contribution in [-0.2, 0) is 9.53 Å². The number of hydrogen-bond donors (Lipinski definition) is 0. The van der Waals surface area contributed by atoms with Crippen molar-refractivity contribution in [1.82, 2.24) is 4.57 Å². The van der Waals surface area contributed by atoms with Gasteiger partial charge in [0.25, 0.3) is 11.2 Å². The molecule has 0 aliphatic carbocycles. The lowest BCUT2D eigenvalue weighted by molar-refractivity contribution is -0.385. The number of thiazole rings is 1. The van der Waals surface area contributed by atoms with Crippen molar-refractivity contribution in [2.24, 2.45) is 4.99 Å². The second-order valence-corrected chi connectivity index (χ2v) is 10.5. The Balaban J connectivity index is 1.62. The van der Waals surface area contributed by atoms with E-state index in [0.29, 0.717) is 49.0 Å². The third-order valence-corrected chi connectivity index (χ3v) is 7.95. The van der Waals surface area contributed by atoms with Gasteiger partial charge in [-0.1, -0.05) is 23.5 Å². The summed E-state index contributed by atoms with van der Waals surface area (Å²) in [5.41, 5.74) is 3.05. The number of aryl methyl sites for hydroxylation is 1. The van der Waals surface area contributed by atoms with E-state index in [4.69, 9.17) is 13.9 Å². The van der Waals surface area contributed by atoms with Gasteiger partial charge >= 0.3 is 5.97 Å². The highest BCUT2D eigenvalue weighted by atomic mass is 32.1. The molecule has 4 aromatic rings. The number of esters is 1. The number of furan rings is 1. The quantitative estimate of drug-likeness (QED) is 0.180. The maximum absolute atomic E-state index is 13.8. The van der Waals surface area contributed by atoms with E-state index in [1.807, 2.05) is 13.0 Å². The van der Waals surface area contributed by atoms with Gasteiger partial charge in [-0.05, 0) is 69.2 Å². The predicted molar refractivity (Wildman–Crippen MR) is 154 cm³/mol. The average Bonchev–Trinajstić information content (AvgIpc) is 3.53. The first kappa shape index (κ1) is 27.8. The molecule has 0 amide bonds. The third kappa shape index (κ3) is 5.11. The number of methoxy groups -OCH3 is 1. The smallest absolute Gasteiger partial charge is 0.338 e. The Kier molecular flexibility index (Phi) is 7.46. The fourth-order valence-corrected chi connectivity index (χ4v) is 5.81. The Morgan fingerprint density at radius 2 is 1.90 bits per heavy atom. The molecule has 1 aliphatic heterocycles. The fourth-order valence-electron chi connectivity index (χ4n) is 4.78. The van der Waals surface area contributed by atoms with Crippen molar-refractivity contribution in [3.8, 4) is 17.1 Å². The van der Waals surface area contributed by atoms with Crippen LogP contribution in [0, 0.1) is 24.0 Å². The molecule has 2 aromatic carbocycles. The van der Waals surface area contributed by atoms with Gasteiger partial charge in [0.1, 0.15) is 17.3 Å². The van der Waals surface area contributed by atoms with Crippen LogP contribution in [0.2, 0.25) is 0 Å². The van der Waals surface area contributed by atoms with Crippen molar-refractivity contribution in [1.29, 1.82) is 0 Å². The van der Waals surface area contributed by atoms with Gasteiger partial charge in [-0.15, -0.1) is 0 Å². The molecule has 0 saturated carbocycles. The van der Waals surface area contributed by atoms with Gasteiger partial charge in [-0.3, -0.25) is 19.5 Å². The zero-order valence-electron chi connectivity index (χ0n) is 23.1. The molecule has 0 bridgehead atoms. The number of fused-ring (bicyclic) bond motifs is 1. The summed E-state index contributed by atoms with van der Waals surface area (Å²) in [7, 11) is 1.56. The van der Waals surface area contributed by atoms with Crippen molar-refractivity contribution in [2.45, 2.75) is 33.7 Å². The second-order valence-electron chi connectivity index (χ2n) is 9.47. The van der Waals surface area contributed by atoms with Gasteiger partial charge in [0.05, 0.1) is 40.5 Å². The first-order valence-corrected chi connectivity index (χ1v) is 13.6. The van der Waals surface area contributed by atoms with Crippen LogP contribution in [0.4, 0.5) is 5.69 Å². The van der Waals surface area contributed by atoms with Gasteiger partial charge in [0, 0.05) is 23.3 Å². The number of aromatic nitrogens is 1. The first-order valence-electron chi connectivity index (χ1n) is 12.8. The first-order chi connectivity index (χ1) is 19.6. The predicted octanol–water partition coefficient (Wildman–Crippen LogP) is 4.59. The summed E-state index contributed by atoms with van der Waals surface area (Å²) in [6, 6.07) is 13.1. The van der Waals surface area contributed by atoms with E-state index in [0.717, 1.165) is 5.56 Å². The van der Waals surface area contributed by atoms with Crippen LogP contribution in [0.5, 0.6) is 5.75 Å². The normalized spacial score (nSPS) is 15.0. The molecule has 10 nitrogen and oxygen atoms in total. The van der Waals surface area contributed by atoms with Gasteiger partial charge in [-0.25, -0.2) is 9.79 Å². The molecular formula is C30H27N3O7S. The summed E-state index contributed by atoms with van der Waals surface area (Å²) < 4.78 is 18.5. The fraction of sp³-hybridized carbons (Fsp3) is 0.233. The van der Waals surface area contributed by atoms with Gasteiger partial charge in [-0.2, -0.15) is 0 Å². The number of rotatable bonds is 7. The summed E-state index contributed by atoms with van der Waals surface area (Å²) in [4.78, 5) is 43.0.